The Morgan fingerprint density at radius 1 is 1.17 bits per heavy atom. The molecule has 3 aromatic rings. The number of nitrogens with two attached hydrogens (primary N) is 1. The molecule has 35 heavy (non-hydrogen) atoms. The molecule has 0 radical (unpaired) electrons. The van der Waals surface area contributed by atoms with Crippen LogP contribution in [0.3, 0.4) is 0 Å². The van der Waals surface area contributed by atoms with E-state index in [2.05, 4.69) is 26.8 Å². The lowest BCUT2D eigenvalue weighted by Gasteiger charge is -2.21. The standard InChI is InChI=1S/C26H23F3N4O2/c1-25(2,24(30)35)12-16-7-8-20(26(27,28)29)19(10-16)23-32-21(11-22(34)33-23)18-9-17(13-31-14-18)6-5-15-3-4-15/h7-11,13-15H,3-4,12H2,1-2H3,(H2,30,35)(H,32,33,34). The molecule has 3 N–H and O–H groups in total. The lowest BCUT2D eigenvalue weighted by Crippen LogP contribution is -2.33. The number of nitrogens with one attached hydrogen (secondary N) is 1. The molecule has 1 aliphatic carbocycles. The zero-order valence-electron chi connectivity index (χ0n) is 19.2. The van der Waals surface area contributed by atoms with Crippen molar-refractivity contribution in [3.05, 3.63) is 69.8 Å². The highest BCUT2D eigenvalue weighted by molar-refractivity contribution is 5.80. The van der Waals surface area contributed by atoms with Gasteiger partial charge < -0.3 is 10.7 Å². The third-order valence-electron chi connectivity index (χ3n) is 5.73. The van der Waals surface area contributed by atoms with E-state index in [0.717, 1.165) is 18.9 Å². The van der Waals surface area contributed by atoms with Crippen LogP contribution in [0.15, 0.2) is 47.5 Å². The first-order valence-corrected chi connectivity index (χ1v) is 11.0. The average molecular weight is 480 g/mol. The van der Waals surface area contributed by atoms with Gasteiger partial charge in [0, 0.05) is 46.5 Å². The smallest absolute Gasteiger partial charge is 0.369 e. The number of hydrogen-bond acceptors (Lipinski definition) is 4. The monoisotopic (exact) mass is 480 g/mol. The minimum Gasteiger partial charge on any atom is -0.369 e. The van der Waals surface area contributed by atoms with Crippen molar-refractivity contribution in [1.29, 1.82) is 0 Å². The van der Waals surface area contributed by atoms with Crippen LogP contribution in [-0.2, 0) is 17.4 Å². The van der Waals surface area contributed by atoms with Crippen LogP contribution in [0.4, 0.5) is 13.2 Å². The van der Waals surface area contributed by atoms with E-state index in [4.69, 9.17) is 5.73 Å². The molecule has 1 fully saturated rings. The highest BCUT2D eigenvalue weighted by Crippen LogP contribution is 2.37. The first-order valence-electron chi connectivity index (χ1n) is 11.0. The Morgan fingerprint density at radius 3 is 2.57 bits per heavy atom. The quantitative estimate of drug-likeness (QED) is 0.531. The fourth-order valence-electron chi connectivity index (χ4n) is 3.54. The second-order valence-electron chi connectivity index (χ2n) is 9.29. The van der Waals surface area contributed by atoms with E-state index in [1.807, 2.05) is 0 Å². The maximum absolute atomic E-state index is 13.8. The van der Waals surface area contributed by atoms with Crippen LogP contribution in [0.25, 0.3) is 22.6 Å². The third-order valence-corrected chi connectivity index (χ3v) is 5.73. The second kappa shape index (κ2) is 9.02. The van der Waals surface area contributed by atoms with Crippen LogP contribution >= 0.6 is 0 Å². The van der Waals surface area contributed by atoms with Gasteiger partial charge in [-0.15, -0.1) is 0 Å². The SMILES string of the molecule is CC(C)(Cc1ccc(C(F)(F)F)c(-c2nc(-c3cncc(C#CC4CC4)c3)cc(=O)[nH]2)c1)C(N)=O. The number of pyridine rings is 1. The van der Waals surface area contributed by atoms with Gasteiger partial charge in [0.05, 0.1) is 11.3 Å². The van der Waals surface area contributed by atoms with Crippen LogP contribution in [0.1, 0.15) is 43.4 Å². The van der Waals surface area contributed by atoms with Crippen molar-refractivity contribution < 1.29 is 18.0 Å². The van der Waals surface area contributed by atoms with E-state index in [-0.39, 0.29) is 23.5 Å². The Hall–Kier alpha value is -3.93. The number of alkyl halides is 3. The van der Waals surface area contributed by atoms with Crippen molar-refractivity contribution in [2.24, 2.45) is 17.1 Å². The van der Waals surface area contributed by atoms with Crippen LogP contribution in [0.2, 0.25) is 0 Å². The molecule has 4 rings (SSSR count). The summed E-state index contributed by atoms with van der Waals surface area (Å²) in [7, 11) is 0. The summed E-state index contributed by atoms with van der Waals surface area (Å²) in [5, 5.41) is 0. The number of aromatic nitrogens is 3. The van der Waals surface area contributed by atoms with Crippen molar-refractivity contribution in [2.75, 3.05) is 0 Å². The molecule has 180 valence electrons. The van der Waals surface area contributed by atoms with E-state index >= 15 is 0 Å². The van der Waals surface area contributed by atoms with E-state index in [9.17, 15) is 22.8 Å². The average Bonchev–Trinajstić information content (AvgIpc) is 3.61. The Balaban J connectivity index is 1.80. The van der Waals surface area contributed by atoms with Crippen LogP contribution < -0.4 is 11.3 Å². The van der Waals surface area contributed by atoms with Gasteiger partial charge in [0.1, 0.15) is 5.82 Å². The molecular weight excluding hydrogens is 457 g/mol. The topological polar surface area (TPSA) is 102 Å². The fourth-order valence-corrected chi connectivity index (χ4v) is 3.54. The Labute approximate surface area is 199 Å². The van der Waals surface area contributed by atoms with Gasteiger partial charge >= 0.3 is 6.18 Å². The first kappa shape index (κ1) is 24.2. The Kier molecular flexibility index (Phi) is 6.24. The lowest BCUT2D eigenvalue weighted by molar-refractivity contribution is -0.137. The van der Waals surface area contributed by atoms with Gasteiger partial charge in [-0.25, -0.2) is 4.98 Å². The number of rotatable bonds is 5. The largest absolute Gasteiger partial charge is 0.417 e. The molecule has 1 saturated carbocycles. The summed E-state index contributed by atoms with van der Waals surface area (Å²) in [4.78, 5) is 35.1. The van der Waals surface area contributed by atoms with Crippen LogP contribution in [0, 0.1) is 23.2 Å². The van der Waals surface area contributed by atoms with Crippen molar-refractivity contribution in [3.8, 4) is 34.5 Å². The summed E-state index contributed by atoms with van der Waals surface area (Å²) in [6, 6.07) is 6.40. The van der Waals surface area contributed by atoms with Gasteiger partial charge in [-0.2, -0.15) is 13.2 Å². The number of carbonyl (C=O) groups excluding carboxylic acids is 1. The predicted octanol–water partition coefficient (Wildman–Crippen LogP) is 4.33. The molecular formula is C26H23F3N4O2. The Bertz CT molecular complexity index is 1410. The van der Waals surface area contributed by atoms with E-state index in [0.29, 0.717) is 22.6 Å². The van der Waals surface area contributed by atoms with Gasteiger partial charge in [0.15, 0.2) is 0 Å². The zero-order chi connectivity index (χ0) is 25.4. The molecule has 0 spiro atoms. The van der Waals surface area contributed by atoms with Crippen molar-refractivity contribution in [2.45, 2.75) is 39.3 Å². The van der Waals surface area contributed by atoms with Gasteiger partial charge in [-0.05, 0) is 43.0 Å². The minimum absolute atomic E-state index is 0.114. The van der Waals surface area contributed by atoms with Crippen molar-refractivity contribution in [3.63, 3.8) is 0 Å². The van der Waals surface area contributed by atoms with E-state index in [1.165, 1.54) is 24.4 Å². The molecule has 9 heteroatoms. The van der Waals surface area contributed by atoms with Gasteiger partial charge in [-0.1, -0.05) is 31.8 Å². The number of benzene rings is 1. The molecule has 1 aliphatic rings. The first-order chi connectivity index (χ1) is 16.4. The molecule has 1 amide bonds. The number of carbonyl (C=O) groups is 1. The van der Waals surface area contributed by atoms with Gasteiger partial charge in [0.2, 0.25) is 5.91 Å². The third kappa shape index (κ3) is 5.77. The summed E-state index contributed by atoms with van der Waals surface area (Å²) in [5.41, 5.74) is 4.28. The van der Waals surface area contributed by atoms with Crippen LogP contribution in [0.5, 0.6) is 0 Å². The second-order valence-corrected chi connectivity index (χ2v) is 9.29. The molecule has 6 nitrogen and oxygen atoms in total. The van der Waals surface area contributed by atoms with Gasteiger partial charge in [-0.3, -0.25) is 14.6 Å². The van der Waals surface area contributed by atoms with Crippen molar-refractivity contribution in [1.82, 2.24) is 15.0 Å². The molecule has 1 aromatic carbocycles. The van der Waals surface area contributed by atoms with E-state index in [1.54, 1.807) is 26.1 Å². The number of primary amides is 1. The highest BCUT2D eigenvalue weighted by atomic mass is 19.4. The Morgan fingerprint density at radius 2 is 1.91 bits per heavy atom. The van der Waals surface area contributed by atoms with Gasteiger partial charge in [0.25, 0.3) is 5.56 Å². The zero-order valence-corrected chi connectivity index (χ0v) is 19.2. The summed E-state index contributed by atoms with van der Waals surface area (Å²) >= 11 is 0. The lowest BCUT2D eigenvalue weighted by atomic mass is 9.84. The molecule has 2 aromatic heterocycles. The molecule has 0 atom stereocenters. The molecule has 0 saturated heterocycles. The number of aromatic amines is 1. The number of amides is 1. The number of halogens is 3. The maximum atomic E-state index is 13.8. The number of H-pyrrole nitrogens is 1. The molecule has 2 heterocycles. The summed E-state index contributed by atoms with van der Waals surface area (Å²) in [6.07, 6.45) is 0.611. The highest BCUT2D eigenvalue weighted by Gasteiger charge is 2.35. The maximum Gasteiger partial charge on any atom is 0.417 e. The summed E-state index contributed by atoms with van der Waals surface area (Å²) in [6.45, 7) is 3.22. The molecule has 0 aliphatic heterocycles. The van der Waals surface area contributed by atoms with E-state index < -0.39 is 28.6 Å². The summed E-state index contributed by atoms with van der Waals surface area (Å²) < 4.78 is 41.5. The number of nitrogens with zero attached hydrogens (tertiary/aromatic N) is 2. The van der Waals surface area contributed by atoms with Crippen molar-refractivity contribution >= 4 is 5.91 Å². The normalized spacial score (nSPS) is 13.7. The number of hydrogen-bond donors (Lipinski definition) is 2. The minimum atomic E-state index is -4.69. The predicted molar refractivity (Wildman–Crippen MR) is 125 cm³/mol. The summed E-state index contributed by atoms with van der Waals surface area (Å²) in [5.74, 6) is 5.72. The molecule has 0 unspecified atom stereocenters. The molecule has 0 bridgehead atoms. The van der Waals surface area contributed by atoms with Crippen LogP contribution in [-0.4, -0.2) is 20.9 Å². The fraction of sp³-hybridized carbons (Fsp3) is 0.308.